The number of amides is 1. The molecule has 6 rings (SSSR count). The van der Waals surface area contributed by atoms with Crippen molar-refractivity contribution in [2.24, 2.45) is 5.92 Å². The fourth-order valence-electron chi connectivity index (χ4n) is 5.47. The smallest absolute Gasteiger partial charge is 0.411 e. The Morgan fingerprint density at radius 2 is 1.79 bits per heavy atom. The number of phenolic OH excluding ortho intramolecular Hbond substituents is 1. The van der Waals surface area contributed by atoms with Gasteiger partial charge in [0.05, 0.1) is 24.2 Å². The molecule has 2 aromatic carbocycles. The average Bonchev–Trinajstić information content (AvgIpc) is 3.61. The molecule has 1 aromatic heterocycles. The predicted octanol–water partition coefficient (Wildman–Crippen LogP) is 5.21. The van der Waals surface area contributed by atoms with Gasteiger partial charge in [0.15, 0.2) is 0 Å². The Balaban J connectivity index is 1.35. The molecule has 0 spiro atoms. The number of aliphatic carboxylic acids is 1. The van der Waals surface area contributed by atoms with Crippen LogP contribution in [0.3, 0.4) is 0 Å². The molecule has 3 aromatic rings. The van der Waals surface area contributed by atoms with Crippen LogP contribution in [0.5, 0.6) is 5.75 Å². The summed E-state index contributed by atoms with van der Waals surface area (Å²) in [7, 11) is 0. The van der Waals surface area contributed by atoms with E-state index in [1.165, 1.54) is 4.90 Å². The van der Waals surface area contributed by atoms with Crippen LogP contribution in [0.25, 0.3) is 11.1 Å². The Hall–Kier alpha value is -4.21. The highest BCUT2D eigenvalue weighted by molar-refractivity contribution is 5.78. The molecular formula is C29H27F2N3O5. The van der Waals surface area contributed by atoms with E-state index in [2.05, 4.69) is 4.90 Å². The number of aromatic hydroxyl groups is 1. The number of rotatable bonds is 7. The Kier molecular flexibility index (Phi) is 6.12. The Bertz CT molecular complexity index is 1460. The van der Waals surface area contributed by atoms with E-state index in [0.717, 1.165) is 49.1 Å². The minimum atomic E-state index is -0.871. The van der Waals surface area contributed by atoms with Crippen LogP contribution in [-0.4, -0.2) is 51.3 Å². The maximum atomic E-state index is 13.9. The van der Waals surface area contributed by atoms with E-state index in [4.69, 9.17) is 9.72 Å². The Labute approximate surface area is 223 Å². The minimum absolute atomic E-state index is 0.0104. The zero-order valence-electron chi connectivity index (χ0n) is 21.2. The van der Waals surface area contributed by atoms with E-state index < -0.39 is 41.8 Å². The lowest BCUT2D eigenvalue weighted by molar-refractivity contribution is -0.138. The summed E-state index contributed by atoms with van der Waals surface area (Å²) in [4.78, 5) is 32.8. The van der Waals surface area contributed by atoms with Gasteiger partial charge in [-0.3, -0.25) is 9.69 Å². The molecule has 39 heavy (non-hydrogen) atoms. The summed E-state index contributed by atoms with van der Waals surface area (Å²) in [5.41, 5.74) is 2.65. The van der Waals surface area contributed by atoms with Crippen LogP contribution in [0.15, 0.2) is 48.5 Å². The van der Waals surface area contributed by atoms with Gasteiger partial charge in [-0.15, -0.1) is 0 Å². The normalized spacial score (nSPS) is 23.9. The van der Waals surface area contributed by atoms with Crippen molar-refractivity contribution < 1.29 is 33.3 Å². The molecule has 2 aliphatic heterocycles. The van der Waals surface area contributed by atoms with Crippen molar-refractivity contribution >= 4 is 17.9 Å². The lowest BCUT2D eigenvalue weighted by Crippen LogP contribution is -2.38. The molecule has 1 amide bonds. The number of anilines is 1. The molecule has 2 N–H and O–H groups in total. The van der Waals surface area contributed by atoms with Gasteiger partial charge >= 0.3 is 12.1 Å². The third kappa shape index (κ3) is 4.64. The molecule has 1 aliphatic carbocycles. The van der Waals surface area contributed by atoms with Crippen LogP contribution in [0, 0.1) is 17.6 Å². The topological polar surface area (TPSA) is 103 Å². The first-order valence-electron chi connectivity index (χ1n) is 12.9. The molecule has 3 aliphatic rings. The van der Waals surface area contributed by atoms with Gasteiger partial charge in [0, 0.05) is 35.8 Å². The molecule has 202 valence electrons. The van der Waals surface area contributed by atoms with Gasteiger partial charge in [0.1, 0.15) is 29.3 Å². The number of halogens is 2. The highest BCUT2D eigenvalue weighted by Gasteiger charge is 2.44. The lowest BCUT2D eigenvalue weighted by Gasteiger charge is -2.33. The van der Waals surface area contributed by atoms with E-state index in [1.807, 2.05) is 12.1 Å². The van der Waals surface area contributed by atoms with Crippen molar-refractivity contribution in [3.8, 4) is 16.9 Å². The Morgan fingerprint density at radius 3 is 2.44 bits per heavy atom. The number of hydrogen-bond donors (Lipinski definition) is 2. The number of carbonyl (C=O) groups is 2. The van der Waals surface area contributed by atoms with Crippen LogP contribution >= 0.6 is 0 Å². The first-order valence-corrected chi connectivity index (χ1v) is 12.9. The number of carbonyl (C=O) groups excluding carboxylic acids is 1. The van der Waals surface area contributed by atoms with Crippen molar-refractivity contribution in [1.82, 2.24) is 9.88 Å². The van der Waals surface area contributed by atoms with Gasteiger partial charge in [-0.1, -0.05) is 6.07 Å². The van der Waals surface area contributed by atoms with Gasteiger partial charge in [0.2, 0.25) is 0 Å². The molecular weight excluding hydrogens is 508 g/mol. The highest BCUT2D eigenvalue weighted by atomic mass is 19.1. The quantitative estimate of drug-likeness (QED) is 0.428. The first kappa shape index (κ1) is 25.1. The average molecular weight is 536 g/mol. The number of nitrogens with zero attached hydrogens (tertiary/aromatic N) is 3. The second-order valence-corrected chi connectivity index (χ2v) is 10.4. The van der Waals surface area contributed by atoms with Gasteiger partial charge in [-0.25, -0.2) is 18.6 Å². The standard InChI is InChI=1S/C29H27F2N3O5/c1-15-27(17-9-18(30)12-19(31)10-17)39-29(38)34(15)14-24-20(4-6-26(32-24)33-7-2-8-33)22-11-16(3-5-25(22)35)21-13-23(21)28(36)37/h3-6,9-12,15,21,23,27,35H,2,7-8,13-14H2,1H3,(H,36,37)/t15-,21-,23+,27-/m0/s1. The second-order valence-electron chi connectivity index (χ2n) is 10.4. The number of hydrogen-bond acceptors (Lipinski definition) is 6. The van der Waals surface area contributed by atoms with Crippen molar-refractivity contribution in [3.05, 3.63) is 77.0 Å². The molecule has 4 atom stereocenters. The number of cyclic esters (lactones) is 1. The van der Waals surface area contributed by atoms with Crippen LogP contribution in [0.1, 0.15) is 48.6 Å². The lowest BCUT2D eigenvalue weighted by atomic mass is 9.97. The SMILES string of the molecule is C[C@H]1[C@@H](c2cc(F)cc(F)c2)OC(=O)N1Cc1nc(N2CCC2)ccc1-c1cc([C@@H]2C[C@H]2C(=O)O)ccc1O. The van der Waals surface area contributed by atoms with E-state index in [1.54, 1.807) is 25.1 Å². The molecule has 10 heteroatoms. The van der Waals surface area contributed by atoms with Gasteiger partial charge in [-0.2, -0.15) is 0 Å². The molecule has 0 unspecified atom stereocenters. The zero-order chi connectivity index (χ0) is 27.4. The zero-order valence-corrected chi connectivity index (χ0v) is 21.2. The van der Waals surface area contributed by atoms with E-state index in [0.29, 0.717) is 23.2 Å². The van der Waals surface area contributed by atoms with Crippen LogP contribution < -0.4 is 4.90 Å². The Morgan fingerprint density at radius 1 is 1.05 bits per heavy atom. The van der Waals surface area contributed by atoms with E-state index >= 15 is 0 Å². The third-order valence-electron chi connectivity index (χ3n) is 7.91. The second kappa shape index (κ2) is 9.52. The van der Waals surface area contributed by atoms with Crippen LogP contribution in [0.2, 0.25) is 0 Å². The third-order valence-corrected chi connectivity index (χ3v) is 7.91. The molecule has 0 bridgehead atoms. The van der Waals surface area contributed by atoms with Gasteiger partial charge in [-0.05, 0) is 67.6 Å². The van der Waals surface area contributed by atoms with Crippen molar-refractivity contribution in [3.63, 3.8) is 0 Å². The summed E-state index contributed by atoms with van der Waals surface area (Å²) in [6, 6.07) is 11.3. The highest BCUT2D eigenvalue weighted by Crippen LogP contribution is 2.49. The van der Waals surface area contributed by atoms with Gasteiger partial charge < -0.3 is 19.8 Å². The van der Waals surface area contributed by atoms with Crippen LogP contribution in [-0.2, 0) is 16.1 Å². The fraction of sp³-hybridized carbons (Fsp3) is 0.345. The predicted molar refractivity (Wildman–Crippen MR) is 137 cm³/mol. The van der Waals surface area contributed by atoms with Crippen molar-refractivity contribution in [2.75, 3.05) is 18.0 Å². The number of aromatic nitrogens is 1. The van der Waals surface area contributed by atoms with Crippen molar-refractivity contribution in [1.29, 1.82) is 0 Å². The number of ether oxygens (including phenoxy) is 1. The first-order chi connectivity index (χ1) is 18.7. The molecule has 3 fully saturated rings. The number of benzene rings is 2. The number of phenols is 1. The maximum Gasteiger partial charge on any atom is 0.411 e. The number of carboxylic acids is 1. The maximum absolute atomic E-state index is 13.9. The van der Waals surface area contributed by atoms with Crippen LogP contribution in [0.4, 0.5) is 19.4 Å². The van der Waals surface area contributed by atoms with E-state index in [-0.39, 0.29) is 23.8 Å². The molecule has 3 heterocycles. The van der Waals surface area contributed by atoms with Gasteiger partial charge in [0.25, 0.3) is 0 Å². The summed E-state index contributed by atoms with van der Waals surface area (Å²) in [6.07, 6.45) is 0.0797. The molecule has 2 saturated heterocycles. The fourth-order valence-corrected chi connectivity index (χ4v) is 5.47. The molecule has 0 radical (unpaired) electrons. The molecule has 1 saturated carbocycles. The van der Waals surface area contributed by atoms with E-state index in [9.17, 15) is 28.6 Å². The minimum Gasteiger partial charge on any atom is -0.507 e. The summed E-state index contributed by atoms with van der Waals surface area (Å²) < 4.78 is 33.3. The summed E-state index contributed by atoms with van der Waals surface area (Å²) in [5, 5.41) is 20.2. The summed E-state index contributed by atoms with van der Waals surface area (Å²) in [5.74, 6) is -2.17. The summed E-state index contributed by atoms with van der Waals surface area (Å²) in [6.45, 7) is 3.50. The monoisotopic (exact) mass is 535 g/mol. The number of pyridine rings is 1. The largest absolute Gasteiger partial charge is 0.507 e. The number of carboxylic acid groups (broad SMARTS) is 1. The summed E-state index contributed by atoms with van der Waals surface area (Å²) >= 11 is 0. The van der Waals surface area contributed by atoms with Crippen molar-refractivity contribution in [2.45, 2.75) is 44.4 Å². The molecule has 8 nitrogen and oxygen atoms in total.